The molecule has 0 aromatic carbocycles. The lowest BCUT2D eigenvalue weighted by Gasteiger charge is -2.28. The Morgan fingerprint density at radius 2 is 1.84 bits per heavy atom. The summed E-state index contributed by atoms with van der Waals surface area (Å²) in [6.07, 6.45) is 3.97. The molecule has 3 heterocycles. The maximum atomic E-state index is 12.2. The predicted octanol–water partition coefficient (Wildman–Crippen LogP) is 0.727. The van der Waals surface area contributed by atoms with Crippen LogP contribution in [0.15, 0.2) is 18.3 Å². The largest absolute Gasteiger partial charge is 0.354 e. The van der Waals surface area contributed by atoms with Gasteiger partial charge in [0.05, 0.1) is 5.56 Å². The van der Waals surface area contributed by atoms with E-state index in [9.17, 15) is 4.79 Å². The minimum absolute atomic E-state index is 0.122. The van der Waals surface area contributed by atoms with Crippen molar-refractivity contribution >= 4 is 11.7 Å². The highest BCUT2D eigenvalue weighted by molar-refractivity contribution is 5.94. The minimum atomic E-state index is 0.122. The van der Waals surface area contributed by atoms with E-state index in [2.05, 4.69) is 15.2 Å². The van der Waals surface area contributed by atoms with Crippen LogP contribution in [-0.4, -0.2) is 55.1 Å². The van der Waals surface area contributed by atoms with Crippen molar-refractivity contribution in [2.24, 2.45) is 0 Å². The van der Waals surface area contributed by atoms with Crippen LogP contribution in [0, 0.1) is 0 Å². The number of nitrogens with zero attached hydrogens (tertiary/aromatic N) is 3. The zero-order chi connectivity index (χ0) is 13.1. The molecule has 0 spiro atoms. The number of anilines is 1. The van der Waals surface area contributed by atoms with E-state index in [0.29, 0.717) is 5.56 Å². The molecule has 19 heavy (non-hydrogen) atoms. The number of amides is 1. The van der Waals surface area contributed by atoms with Crippen molar-refractivity contribution in [3.05, 3.63) is 23.9 Å². The van der Waals surface area contributed by atoms with Crippen molar-refractivity contribution in [3.63, 3.8) is 0 Å². The Kier molecular flexibility index (Phi) is 3.64. The van der Waals surface area contributed by atoms with E-state index in [4.69, 9.17) is 0 Å². The first-order chi connectivity index (χ1) is 9.34. The van der Waals surface area contributed by atoms with E-state index in [1.807, 2.05) is 17.0 Å². The quantitative estimate of drug-likeness (QED) is 0.851. The average Bonchev–Trinajstić information content (AvgIpc) is 3.02. The van der Waals surface area contributed by atoms with Crippen LogP contribution in [0.1, 0.15) is 23.2 Å². The number of carbonyl (C=O) groups is 1. The number of piperazine rings is 1. The van der Waals surface area contributed by atoms with Crippen LogP contribution in [0.25, 0.3) is 0 Å². The van der Waals surface area contributed by atoms with Gasteiger partial charge in [0.1, 0.15) is 5.82 Å². The van der Waals surface area contributed by atoms with Crippen molar-refractivity contribution in [1.82, 2.24) is 15.2 Å². The molecule has 1 aromatic heterocycles. The third-order valence-corrected chi connectivity index (χ3v) is 3.83. The van der Waals surface area contributed by atoms with Gasteiger partial charge in [-0.3, -0.25) is 4.79 Å². The number of aromatic nitrogens is 1. The third kappa shape index (κ3) is 2.71. The smallest absolute Gasteiger partial charge is 0.255 e. The molecule has 0 aliphatic carbocycles. The zero-order valence-electron chi connectivity index (χ0n) is 11.1. The highest BCUT2D eigenvalue weighted by atomic mass is 16.2. The van der Waals surface area contributed by atoms with Crippen LogP contribution in [0.3, 0.4) is 0 Å². The van der Waals surface area contributed by atoms with Gasteiger partial charge in [0.2, 0.25) is 0 Å². The molecule has 5 nitrogen and oxygen atoms in total. The first kappa shape index (κ1) is 12.4. The minimum Gasteiger partial charge on any atom is -0.354 e. The summed E-state index contributed by atoms with van der Waals surface area (Å²) in [5.41, 5.74) is 0.709. The van der Waals surface area contributed by atoms with Crippen LogP contribution >= 0.6 is 0 Å². The predicted molar refractivity (Wildman–Crippen MR) is 74.5 cm³/mol. The molecule has 1 N–H and O–H groups in total. The normalized spacial score (nSPS) is 19.8. The molecule has 2 aliphatic rings. The Bertz CT molecular complexity index is 433. The van der Waals surface area contributed by atoms with E-state index in [-0.39, 0.29) is 5.91 Å². The molecule has 2 saturated heterocycles. The zero-order valence-corrected chi connectivity index (χ0v) is 11.1. The fourth-order valence-electron chi connectivity index (χ4n) is 2.70. The number of hydrogen-bond donors (Lipinski definition) is 1. The Hall–Kier alpha value is -1.62. The molecule has 3 rings (SSSR count). The number of rotatable bonds is 2. The molecule has 2 fully saturated rings. The summed E-state index contributed by atoms with van der Waals surface area (Å²) in [4.78, 5) is 20.8. The lowest BCUT2D eigenvalue weighted by molar-refractivity contribution is 0.0792. The molecule has 2 aliphatic heterocycles. The van der Waals surface area contributed by atoms with Crippen LogP contribution < -0.4 is 10.2 Å². The lowest BCUT2D eigenvalue weighted by atomic mass is 10.2. The monoisotopic (exact) mass is 260 g/mol. The van der Waals surface area contributed by atoms with Gasteiger partial charge in [-0.15, -0.1) is 0 Å². The van der Waals surface area contributed by atoms with E-state index in [0.717, 1.165) is 57.9 Å². The Morgan fingerprint density at radius 1 is 1.11 bits per heavy atom. The first-order valence-corrected chi connectivity index (χ1v) is 7.05. The van der Waals surface area contributed by atoms with Gasteiger partial charge >= 0.3 is 0 Å². The first-order valence-electron chi connectivity index (χ1n) is 7.05. The summed E-state index contributed by atoms with van der Waals surface area (Å²) in [6, 6.07) is 3.87. The van der Waals surface area contributed by atoms with Gasteiger partial charge in [-0.25, -0.2) is 4.98 Å². The van der Waals surface area contributed by atoms with Crippen LogP contribution in [0.2, 0.25) is 0 Å². The molecule has 102 valence electrons. The molecule has 1 amide bonds. The number of hydrogen-bond acceptors (Lipinski definition) is 4. The van der Waals surface area contributed by atoms with Crippen molar-refractivity contribution in [2.75, 3.05) is 44.2 Å². The second-order valence-corrected chi connectivity index (χ2v) is 5.14. The van der Waals surface area contributed by atoms with Crippen molar-refractivity contribution in [1.29, 1.82) is 0 Å². The lowest BCUT2D eigenvalue weighted by Crippen LogP contribution is -2.43. The van der Waals surface area contributed by atoms with E-state index in [1.165, 1.54) is 0 Å². The van der Waals surface area contributed by atoms with Gasteiger partial charge in [-0.05, 0) is 25.0 Å². The van der Waals surface area contributed by atoms with Crippen LogP contribution in [0.5, 0.6) is 0 Å². The fraction of sp³-hybridized carbons (Fsp3) is 0.571. The summed E-state index contributed by atoms with van der Waals surface area (Å²) in [5.74, 6) is 1.09. The maximum Gasteiger partial charge on any atom is 0.255 e. The number of likely N-dealkylation sites (tertiary alicyclic amines) is 1. The Labute approximate surface area is 113 Å². The van der Waals surface area contributed by atoms with Crippen molar-refractivity contribution in [3.8, 4) is 0 Å². The van der Waals surface area contributed by atoms with Gasteiger partial charge in [0, 0.05) is 45.5 Å². The van der Waals surface area contributed by atoms with Gasteiger partial charge in [0.15, 0.2) is 0 Å². The highest BCUT2D eigenvalue weighted by Crippen LogP contribution is 2.15. The molecule has 0 atom stereocenters. The SMILES string of the molecule is O=C(c1ccc(N2CCNCC2)nc1)N1CCCC1. The van der Waals surface area contributed by atoms with Crippen molar-refractivity contribution in [2.45, 2.75) is 12.8 Å². The van der Waals surface area contributed by atoms with E-state index in [1.54, 1.807) is 6.20 Å². The average molecular weight is 260 g/mol. The number of pyridine rings is 1. The highest BCUT2D eigenvalue weighted by Gasteiger charge is 2.20. The van der Waals surface area contributed by atoms with Gasteiger partial charge < -0.3 is 15.1 Å². The number of carbonyl (C=O) groups excluding carboxylic acids is 1. The summed E-state index contributed by atoms with van der Waals surface area (Å²) in [6.45, 7) is 5.72. The maximum absolute atomic E-state index is 12.2. The second kappa shape index (κ2) is 5.57. The molecule has 1 aromatic rings. The van der Waals surface area contributed by atoms with Gasteiger partial charge in [0.25, 0.3) is 5.91 Å². The van der Waals surface area contributed by atoms with E-state index < -0.39 is 0 Å². The summed E-state index contributed by atoms with van der Waals surface area (Å²) < 4.78 is 0. The summed E-state index contributed by atoms with van der Waals surface area (Å²) in [5, 5.41) is 3.32. The van der Waals surface area contributed by atoms with E-state index >= 15 is 0 Å². The van der Waals surface area contributed by atoms with Crippen LogP contribution in [0.4, 0.5) is 5.82 Å². The van der Waals surface area contributed by atoms with Crippen molar-refractivity contribution < 1.29 is 4.79 Å². The topological polar surface area (TPSA) is 48.5 Å². The molecule has 0 bridgehead atoms. The molecule has 0 radical (unpaired) electrons. The molecular weight excluding hydrogens is 240 g/mol. The van der Waals surface area contributed by atoms with Gasteiger partial charge in [-0.2, -0.15) is 0 Å². The standard InChI is InChI=1S/C14H20N4O/c19-14(18-7-1-2-8-18)12-3-4-13(16-11-12)17-9-5-15-6-10-17/h3-4,11,15H,1-2,5-10H2. The molecular formula is C14H20N4O. The Morgan fingerprint density at radius 3 is 2.47 bits per heavy atom. The molecule has 5 heteroatoms. The number of nitrogens with one attached hydrogen (secondary N) is 1. The molecule has 0 saturated carbocycles. The van der Waals surface area contributed by atoms with Gasteiger partial charge in [-0.1, -0.05) is 0 Å². The fourth-order valence-corrected chi connectivity index (χ4v) is 2.70. The van der Waals surface area contributed by atoms with Crippen LogP contribution in [-0.2, 0) is 0 Å². The summed E-state index contributed by atoms with van der Waals surface area (Å²) in [7, 11) is 0. The summed E-state index contributed by atoms with van der Waals surface area (Å²) >= 11 is 0. The Balaban J connectivity index is 1.69. The third-order valence-electron chi connectivity index (χ3n) is 3.83. The second-order valence-electron chi connectivity index (χ2n) is 5.14. The molecule has 0 unspecified atom stereocenters.